The highest BCUT2D eigenvalue weighted by Crippen LogP contribution is 2.36. The average molecular weight is 380 g/mol. The Labute approximate surface area is 139 Å². The summed E-state index contributed by atoms with van der Waals surface area (Å²) in [4.78, 5) is 12.0. The Bertz CT molecular complexity index is 493. The second kappa shape index (κ2) is 8.46. The van der Waals surface area contributed by atoms with Crippen molar-refractivity contribution in [1.29, 1.82) is 0 Å². The monoisotopic (exact) mass is 378 g/mol. The van der Waals surface area contributed by atoms with Crippen molar-refractivity contribution in [3.8, 4) is 11.5 Å². The third-order valence-corrected chi connectivity index (χ3v) is 3.98. The van der Waals surface area contributed by atoms with Gasteiger partial charge >= 0.3 is 0 Å². The van der Waals surface area contributed by atoms with Gasteiger partial charge in [-0.15, -0.1) is 12.4 Å². The molecule has 1 unspecified atom stereocenters. The number of halogens is 2. The molecule has 118 valence electrons. The van der Waals surface area contributed by atoms with Crippen LogP contribution in [0.1, 0.15) is 12.0 Å². The van der Waals surface area contributed by atoms with E-state index in [0.29, 0.717) is 18.0 Å². The Morgan fingerprint density at radius 1 is 1.43 bits per heavy atom. The number of hydrogen-bond acceptors (Lipinski definition) is 4. The zero-order chi connectivity index (χ0) is 14.5. The number of ether oxygens (including phenoxy) is 2. The highest BCUT2D eigenvalue weighted by Gasteiger charge is 2.22. The van der Waals surface area contributed by atoms with Gasteiger partial charge in [-0.05, 0) is 46.6 Å². The van der Waals surface area contributed by atoms with Crippen LogP contribution in [0.5, 0.6) is 11.5 Å². The number of carbonyl (C=O) groups is 1. The first-order valence-electron chi connectivity index (χ1n) is 6.54. The molecule has 7 heteroatoms. The van der Waals surface area contributed by atoms with E-state index in [1.807, 2.05) is 12.1 Å². The molecule has 1 amide bonds. The predicted molar refractivity (Wildman–Crippen MR) is 87.3 cm³/mol. The summed E-state index contributed by atoms with van der Waals surface area (Å²) in [6.07, 6.45) is 0.904. The van der Waals surface area contributed by atoms with Crippen molar-refractivity contribution < 1.29 is 14.3 Å². The van der Waals surface area contributed by atoms with Crippen LogP contribution in [-0.4, -0.2) is 33.2 Å². The highest BCUT2D eigenvalue weighted by atomic mass is 79.9. The van der Waals surface area contributed by atoms with E-state index in [4.69, 9.17) is 9.47 Å². The maximum atomic E-state index is 12.0. The largest absolute Gasteiger partial charge is 0.493 e. The first kappa shape index (κ1) is 18.1. The molecule has 0 bridgehead atoms. The number of carbonyl (C=O) groups excluding carboxylic acids is 1. The number of hydrogen-bond donors (Lipinski definition) is 2. The Morgan fingerprint density at radius 2 is 2.19 bits per heavy atom. The second-order valence-corrected chi connectivity index (χ2v) is 5.58. The molecule has 0 aliphatic carbocycles. The molecule has 1 atom stereocenters. The summed E-state index contributed by atoms with van der Waals surface area (Å²) in [7, 11) is 3.19. The molecule has 0 radical (unpaired) electrons. The number of rotatable bonds is 5. The van der Waals surface area contributed by atoms with E-state index in [1.54, 1.807) is 14.2 Å². The van der Waals surface area contributed by atoms with Gasteiger partial charge in [0.2, 0.25) is 5.91 Å². The summed E-state index contributed by atoms with van der Waals surface area (Å²) in [5.74, 6) is 1.48. The van der Waals surface area contributed by atoms with E-state index < -0.39 is 0 Å². The Kier molecular flexibility index (Phi) is 7.28. The lowest BCUT2D eigenvalue weighted by Crippen LogP contribution is -2.31. The minimum absolute atomic E-state index is 0. The topological polar surface area (TPSA) is 59.6 Å². The van der Waals surface area contributed by atoms with Gasteiger partial charge in [-0.3, -0.25) is 4.79 Å². The van der Waals surface area contributed by atoms with E-state index in [2.05, 4.69) is 26.6 Å². The summed E-state index contributed by atoms with van der Waals surface area (Å²) < 4.78 is 11.4. The molecular weight excluding hydrogens is 360 g/mol. The molecule has 1 aromatic rings. The quantitative estimate of drug-likeness (QED) is 0.823. The molecule has 21 heavy (non-hydrogen) atoms. The smallest absolute Gasteiger partial charge is 0.224 e. The zero-order valence-electron chi connectivity index (χ0n) is 12.1. The van der Waals surface area contributed by atoms with Crippen LogP contribution in [0.15, 0.2) is 16.6 Å². The van der Waals surface area contributed by atoms with Gasteiger partial charge in [0.1, 0.15) is 0 Å². The van der Waals surface area contributed by atoms with Crippen LogP contribution in [0.4, 0.5) is 0 Å². The minimum Gasteiger partial charge on any atom is -0.493 e. The summed E-state index contributed by atoms with van der Waals surface area (Å²) in [6.45, 7) is 2.16. The predicted octanol–water partition coefficient (Wildman–Crippen LogP) is 2.11. The van der Waals surface area contributed by atoms with Gasteiger partial charge in [0.05, 0.1) is 24.6 Å². The first-order chi connectivity index (χ1) is 9.65. The van der Waals surface area contributed by atoms with Crippen molar-refractivity contribution in [3.63, 3.8) is 0 Å². The molecule has 0 saturated carbocycles. The first-order valence-corrected chi connectivity index (χ1v) is 7.33. The van der Waals surface area contributed by atoms with Crippen LogP contribution < -0.4 is 20.1 Å². The Morgan fingerprint density at radius 3 is 2.76 bits per heavy atom. The van der Waals surface area contributed by atoms with Gasteiger partial charge in [0.15, 0.2) is 11.5 Å². The second-order valence-electron chi connectivity index (χ2n) is 4.72. The Hall–Kier alpha value is -0.980. The molecule has 0 spiro atoms. The highest BCUT2D eigenvalue weighted by molar-refractivity contribution is 9.10. The maximum absolute atomic E-state index is 12.0. The van der Waals surface area contributed by atoms with E-state index in [0.717, 1.165) is 29.5 Å². The standard InChI is InChI=1S/C14H19BrN2O3.ClH/c1-19-12-6-9(5-11(15)13(12)20-2)7-17-14(18)10-3-4-16-8-10;/h5-6,10,16H,3-4,7-8H2,1-2H3,(H,17,18);1H. The van der Waals surface area contributed by atoms with Gasteiger partial charge < -0.3 is 20.1 Å². The molecule has 0 aromatic heterocycles. The van der Waals surface area contributed by atoms with Crippen LogP contribution in [0.25, 0.3) is 0 Å². The molecule has 1 aliphatic heterocycles. The lowest BCUT2D eigenvalue weighted by atomic mass is 10.1. The molecule has 1 aliphatic rings. The van der Waals surface area contributed by atoms with Crippen LogP contribution in [0.3, 0.4) is 0 Å². The van der Waals surface area contributed by atoms with Crippen molar-refractivity contribution in [3.05, 3.63) is 22.2 Å². The van der Waals surface area contributed by atoms with Gasteiger partial charge in [0, 0.05) is 13.1 Å². The van der Waals surface area contributed by atoms with Crippen molar-refractivity contribution in [2.45, 2.75) is 13.0 Å². The van der Waals surface area contributed by atoms with E-state index in [9.17, 15) is 4.79 Å². The summed E-state index contributed by atoms with van der Waals surface area (Å²) in [5, 5.41) is 6.15. The summed E-state index contributed by atoms with van der Waals surface area (Å²) in [6, 6.07) is 3.80. The van der Waals surface area contributed by atoms with Crippen molar-refractivity contribution in [2.75, 3.05) is 27.3 Å². The van der Waals surface area contributed by atoms with Crippen LogP contribution in [0.2, 0.25) is 0 Å². The normalized spacial score (nSPS) is 17.0. The fraction of sp³-hybridized carbons (Fsp3) is 0.500. The molecule has 5 nitrogen and oxygen atoms in total. The van der Waals surface area contributed by atoms with E-state index >= 15 is 0 Å². The van der Waals surface area contributed by atoms with Crippen molar-refractivity contribution in [2.24, 2.45) is 5.92 Å². The molecule has 2 N–H and O–H groups in total. The molecule has 2 rings (SSSR count). The van der Waals surface area contributed by atoms with Crippen LogP contribution >= 0.6 is 28.3 Å². The van der Waals surface area contributed by atoms with Gasteiger partial charge in [-0.2, -0.15) is 0 Å². The summed E-state index contributed by atoms with van der Waals surface area (Å²) >= 11 is 3.44. The SMILES string of the molecule is COc1cc(CNC(=O)C2CCNC2)cc(Br)c1OC.Cl. The number of amides is 1. The molecule has 1 fully saturated rings. The number of benzene rings is 1. The third kappa shape index (κ3) is 4.49. The number of nitrogens with one attached hydrogen (secondary N) is 2. The zero-order valence-corrected chi connectivity index (χ0v) is 14.5. The fourth-order valence-corrected chi connectivity index (χ4v) is 2.94. The van der Waals surface area contributed by atoms with Gasteiger partial charge in [-0.1, -0.05) is 0 Å². The van der Waals surface area contributed by atoms with Gasteiger partial charge in [0.25, 0.3) is 0 Å². The average Bonchev–Trinajstić information content (AvgIpc) is 2.98. The maximum Gasteiger partial charge on any atom is 0.224 e. The third-order valence-electron chi connectivity index (χ3n) is 3.39. The fourth-order valence-electron chi connectivity index (χ4n) is 2.29. The van der Waals surface area contributed by atoms with E-state index in [1.165, 1.54) is 0 Å². The van der Waals surface area contributed by atoms with Gasteiger partial charge in [-0.25, -0.2) is 0 Å². The lowest BCUT2D eigenvalue weighted by molar-refractivity contribution is -0.124. The van der Waals surface area contributed by atoms with E-state index in [-0.39, 0.29) is 24.2 Å². The molecular formula is C14H20BrClN2O3. The van der Waals surface area contributed by atoms with Crippen molar-refractivity contribution >= 4 is 34.2 Å². The molecule has 1 aromatic carbocycles. The van der Waals surface area contributed by atoms with Crippen molar-refractivity contribution in [1.82, 2.24) is 10.6 Å². The van der Waals surface area contributed by atoms with Crippen LogP contribution in [-0.2, 0) is 11.3 Å². The molecule has 1 saturated heterocycles. The molecule has 1 heterocycles. The Balaban J connectivity index is 0.00000220. The number of methoxy groups -OCH3 is 2. The minimum atomic E-state index is 0. The summed E-state index contributed by atoms with van der Waals surface area (Å²) in [5.41, 5.74) is 0.967. The van der Waals surface area contributed by atoms with Crippen LogP contribution in [0, 0.1) is 5.92 Å². The lowest BCUT2D eigenvalue weighted by Gasteiger charge is -2.13.